The predicted molar refractivity (Wildman–Crippen MR) is 95.0 cm³/mol. The van der Waals surface area contributed by atoms with Crippen molar-refractivity contribution in [2.45, 2.75) is 12.8 Å². The molecule has 0 saturated heterocycles. The molecular formula is C20H20O5. The van der Waals surface area contributed by atoms with Crippen LogP contribution in [0.1, 0.15) is 39.1 Å². The Morgan fingerprint density at radius 2 is 1.56 bits per heavy atom. The molecule has 0 aliphatic carbocycles. The van der Waals surface area contributed by atoms with Gasteiger partial charge in [0.25, 0.3) is 0 Å². The maximum atomic E-state index is 12.1. The monoisotopic (exact) mass is 340 g/mol. The van der Waals surface area contributed by atoms with Gasteiger partial charge in [0.2, 0.25) is 0 Å². The Balaban J connectivity index is 1.92. The summed E-state index contributed by atoms with van der Waals surface area (Å²) in [4.78, 5) is 22.9. The molecule has 0 aliphatic heterocycles. The van der Waals surface area contributed by atoms with Crippen LogP contribution in [0, 0.1) is 0 Å². The van der Waals surface area contributed by atoms with E-state index < -0.39 is 5.97 Å². The Kier molecular flexibility index (Phi) is 6.92. The number of ether oxygens (including phenoxy) is 1. The SMILES string of the molecule is O=C(O)c1ccc(C(=O)C=Cc2ccc(OCCCCO)cc2)cc1. The van der Waals surface area contributed by atoms with E-state index in [0.717, 1.165) is 24.2 Å². The van der Waals surface area contributed by atoms with Crippen molar-refractivity contribution in [2.75, 3.05) is 13.2 Å². The van der Waals surface area contributed by atoms with E-state index in [4.69, 9.17) is 14.9 Å². The van der Waals surface area contributed by atoms with Crippen LogP contribution in [-0.4, -0.2) is 35.2 Å². The highest BCUT2D eigenvalue weighted by atomic mass is 16.5. The summed E-state index contributed by atoms with van der Waals surface area (Å²) in [5, 5.41) is 17.6. The number of carboxylic acids is 1. The van der Waals surface area contributed by atoms with Gasteiger partial charge in [0, 0.05) is 12.2 Å². The molecule has 0 atom stereocenters. The molecule has 0 radical (unpaired) electrons. The molecule has 0 saturated carbocycles. The smallest absolute Gasteiger partial charge is 0.335 e. The first-order chi connectivity index (χ1) is 12.1. The second-order valence-electron chi connectivity index (χ2n) is 5.43. The van der Waals surface area contributed by atoms with Crippen LogP contribution in [0.5, 0.6) is 5.75 Å². The number of hydrogen-bond donors (Lipinski definition) is 2. The lowest BCUT2D eigenvalue weighted by Crippen LogP contribution is -1.99. The quantitative estimate of drug-likeness (QED) is 0.415. The molecule has 0 spiro atoms. The number of aromatic carboxylic acids is 1. The van der Waals surface area contributed by atoms with Crippen molar-refractivity contribution in [3.8, 4) is 5.75 Å². The van der Waals surface area contributed by atoms with Gasteiger partial charge in [0.15, 0.2) is 5.78 Å². The molecule has 0 aliphatic rings. The topological polar surface area (TPSA) is 83.8 Å². The van der Waals surface area contributed by atoms with E-state index in [-0.39, 0.29) is 18.0 Å². The van der Waals surface area contributed by atoms with Crippen molar-refractivity contribution in [1.29, 1.82) is 0 Å². The van der Waals surface area contributed by atoms with Crippen LogP contribution in [0.25, 0.3) is 6.08 Å². The van der Waals surface area contributed by atoms with E-state index in [2.05, 4.69) is 0 Å². The van der Waals surface area contributed by atoms with E-state index in [1.165, 1.54) is 30.3 Å². The van der Waals surface area contributed by atoms with Crippen molar-refractivity contribution < 1.29 is 24.5 Å². The van der Waals surface area contributed by atoms with Crippen molar-refractivity contribution in [2.24, 2.45) is 0 Å². The summed E-state index contributed by atoms with van der Waals surface area (Å²) in [7, 11) is 0. The van der Waals surface area contributed by atoms with Crippen LogP contribution in [0.3, 0.4) is 0 Å². The Bertz CT molecular complexity index is 730. The highest BCUT2D eigenvalue weighted by Crippen LogP contribution is 2.14. The first kappa shape index (κ1) is 18.4. The third-order valence-electron chi connectivity index (χ3n) is 3.54. The number of unbranched alkanes of at least 4 members (excludes halogenated alkanes) is 1. The first-order valence-electron chi connectivity index (χ1n) is 7.99. The lowest BCUT2D eigenvalue weighted by atomic mass is 10.1. The van der Waals surface area contributed by atoms with Gasteiger partial charge in [-0.15, -0.1) is 0 Å². The number of hydrogen-bond acceptors (Lipinski definition) is 4. The van der Waals surface area contributed by atoms with Crippen molar-refractivity contribution in [3.63, 3.8) is 0 Å². The molecule has 2 aromatic carbocycles. The summed E-state index contributed by atoms with van der Waals surface area (Å²) < 4.78 is 5.54. The van der Waals surface area contributed by atoms with Gasteiger partial charge >= 0.3 is 5.97 Å². The fourth-order valence-electron chi connectivity index (χ4n) is 2.12. The first-order valence-corrected chi connectivity index (χ1v) is 7.99. The lowest BCUT2D eigenvalue weighted by Gasteiger charge is -2.05. The van der Waals surface area contributed by atoms with E-state index in [1.54, 1.807) is 6.08 Å². The molecule has 0 bridgehead atoms. The van der Waals surface area contributed by atoms with Crippen molar-refractivity contribution in [3.05, 3.63) is 71.3 Å². The maximum absolute atomic E-state index is 12.1. The number of aliphatic hydroxyl groups excluding tert-OH is 1. The maximum Gasteiger partial charge on any atom is 0.335 e. The fourth-order valence-corrected chi connectivity index (χ4v) is 2.12. The summed E-state index contributed by atoms with van der Waals surface area (Å²) in [6, 6.07) is 13.2. The Morgan fingerprint density at radius 3 is 2.16 bits per heavy atom. The molecule has 5 nitrogen and oxygen atoms in total. The zero-order valence-electron chi connectivity index (χ0n) is 13.7. The van der Waals surface area contributed by atoms with Gasteiger partial charge in [-0.3, -0.25) is 4.79 Å². The van der Waals surface area contributed by atoms with Gasteiger partial charge in [-0.1, -0.05) is 30.3 Å². The van der Waals surface area contributed by atoms with Gasteiger partial charge in [0.05, 0.1) is 12.2 Å². The third kappa shape index (κ3) is 5.90. The Hall–Kier alpha value is -2.92. The highest BCUT2D eigenvalue weighted by molar-refractivity contribution is 6.07. The molecule has 130 valence electrons. The van der Waals surface area contributed by atoms with Gasteiger partial charge < -0.3 is 14.9 Å². The lowest BCUT2D eigenvalue weighted by molar-refractivity contribution is 0.0696. The molecule has 2 rings (SSSR count). The summed E-state index contributed by atoms with van der Waals surface area (Å²) >= 11 is 0. The summed E-state index contributed by atoms with van der Waals surface area (Å²) in [5.74, 6) is -0.472. The molecule has 0 aromatic heterocycles. The van der Waals surface area contributed by atoms with Gasteiger partial charge in [-0.25, -0.2) is 4.79 Å². The van der Waals surface area contributed by atoms with Crippen LogP contribution in [-0.2, 0) is 0 Å². The number of aliphatic hydroxyl groups is 1. The minimum atomic E-state index is -1.02. The van der Waals surface area contributed by atoms with Crippen molar-refractivity contribution in [1.82, 2.24) is 0 Å². The van der Waals surface area contributed by atoms with Crippen LogP contribution in [0.15, 0.2) is 54.6 Å². The largest absolute Gasteiger partial charge is 0.494 e. The number of carbonyl (C=O) groups is 2. The number of benzene rings is 2. The number of carbonyl (C=O) groups excluding carboxylic acids is 1. The number of rotatable bonds is 9. The minimum Gasteiger partial charge on any atom is -0.494 e. The van der Waals surface area contributed by atoms with Crippen LogP contribution in [0.4, 0.5) is 0 Å². The predicted octanol–water partition coefficient (Wildman–Crippen LogP) is 3.43. The normalized spacial score (nSPS) is 10.8. The molecule has 0 heterocycles. The van der Waals surface area contributed by atoms with Gasteiger partial charge in [-0.2, -0.15) is 0 Å². The summed E-state index contributed by atoms with van der Waals surface area (Å²) in [5.41, 5.74) is 1.44. The Labute approximate surface area is 146 Å². The minimum absolute atomic E-state index is 0.148. The summed E-state index contributed by atoms with van der Waals surface area (Å²) in [6.45, 7) is 0.723. The van der Waals surface area contributed by atoms with Gasteiger partial charge in [0.1, 0.15) is 5.75 Å². The van der Waals surface area contributed by atoms with E-state index in [0.29, 0.717) is 12.2 Å². The molecule has 0 amide bonds. The molecular weight excluding hydrogens is 320 g/mol. The molecule has 5 heteroatoms. The Morgan fingerprint density at radius 1 is 0.920 bits per heavy atom. The second-order valence-corrected chi connectivity index (χ2v) is 5.43. The van der Waals surface area contributed by atoms with Crippen LogP contribution in [0.2, 0.25) is 0 Å². The fraction of sp³-hybridized carbons (Fsp3) is 0.200. The molecule has 0 unspecified atom stereocenters. The zero-order valence-corrected chi connectivity index (χ0v) is 13.7. The standard InChI is InChI=1S/C20H20O5/c21-13-1-2-14-25-18-10-3-15(4-11-18)5-12-19(22)16-6-8-17(9-7-16)20(23)24/h3-12,21H,1-2,13-14H2,(H,23,24). The average Bonchev–Trinajstić information content (AvgIpc) is 2.64. The van der Waals surface area contributed by atoms with Crippen molar-refractivity contribution >= 4 is 17.8 Å². The van der Waals surface area contributed by atoms with Crippen LogP contribution < -0.4 is 4.74 Å². The molecule has 25 heavy (non-hydrogen) atoms. The number of ketones is 1. The third-order valence-corrected chi connectivity index (χ3v) is 3.54. The molecule has 2 N–H and O–H groups in total. The van der Waals surface area contributed by atoms with E-state index in [9.17, 15) is 9.59 Å². The molecule has 2 aromatic rings. The van der Waals surface area contributed by atoms with E-state index >= 15 is 0 Å². The second kappa shape index (κ2) is 9.39. The molecule has 0 fully saturated rings. The zero-order chi connectivity index (χ0) is 18.1. The number of carboxylic acid groups (broad SMARTS) is 1. The highest BCUT2D eigenvalue weighted by Gasteiger charge is 2.05. The van der Waals surface area contributed by atoms with Crippen LogP contribution >= 0.6 is 0 Å². The van der Waals surface area contributed by atoms with E-state index in [1.807, 2.05) is 24.3 Å². The number of allylic oxidation sites excluding steroid dienone is 1. The van der Waals surface area contributed by atoms with Gasteiger partial charge in [-0.05, 0) is 48.7 Å². The average molecular weight is 340 g/mol. The summed E-state index contributed by atoms with van der Waals surface area (Å²) in [6.07, 6.45) is 4.67.